The number of hydrogen-bond donors (Lipinski definition) is 2. The molecule has 0 aliphatic rings. The summed E-state index contributed by atoms with van der Waals surface area (Å²) < 4.78 is 0. The number of benzene rings is 7. The van der Waals surface area contributed by atoms with Crippen LogP contribution in [0.2, 0.25) is 0 Å². The lowest BCUT2D eigenvalue weighted by molar-refractivity contribution is 0.593. The second-order valence-electron chi connectivity index (χ2n) is 15.4. The van der Waals surface area contributed by atoms with Crippen LogP contribution in [0.3, 0.4) is 0 Å². The van der Waals surface area contributed by atoms with E-state index in [1.54, 1.807) is 0 Å². The van der Waals surface area contributed by atoms with E-state index in [1.807, 2.05) is 24.3 Å². The largest absolute Gasteiger partial charge is 0.278 e. The molecular formula is C48H46N4. The van der Waals surface area contributed by atoms with Gasteiger partial charge >= 0.3 is 0 Å². The number of fused-ring (bicyclic) bond motifs is 2. The van der Waals surface area contributed by atoms with Crippen LogP contribution in [0.4, 0.5) is 11.4 Å². The second-order valence-corrected chi connectivity index (χ2v) is 15.4. The van der Waals surface area contributed by atoms with Gasteiger partial charge in [-0.05, 0) is 67.8 Å². The molecule has 258 valence electrons. The van der Waals surface area contributed by atoms with Crippen molar-refractivity contribution in [2.24, 2.45) is 10.2 Å². The standard InChI is InChI=1S/C48H46N4/c1-47(2,3)43-39-29-27-38(50-52-46(35-23-15-9-16-24-35)36-25-17-10-18-26-36)32-42(39)44(48(4,5)6)40-30-28-37(31-41(40)43)49-51-45(33-19-11-7-12-20-33)34-21-13-8-14-22-34/h7-32,49-50H,1-6H3. The van der Waals surface area contributed by atoms with Gasteiger partial charge in [-0.1, -0.05) is 175 Å². The summed E-state index contributed by atoms with van der Waals surface area (Å²) >= 11 is 0. The van der Waals surface area contributed by atoms with E-state index in [0.29, 0.717) is 0 Å². The highest BCUT2D eigenvalue weighted by Gasteiger charge is 2.28. The molecule has 0 aliphatic carbocycles. The van der Waals surface area contributed by atoms with Crippen molar-refractivity contribution >= 4 is 44.3 Å². The zero-order chi connectivity index (χ0) is 36.3. The van der Waals surface area contributed by atoms with Crippen molar-refractivity contribution in [2.45, 2.75) is 52.4 Å². The molecule has 52 heavy (non-hydrogen) atoms. The highest BCUT2D eigenvalue weighted by atomic mass is 15.3. The Morgan fingerprint density at radius 1 is 0.365 bits per heavy atom. The summed E-state index contributed by atoms with van der Waals surface area (Å²) in [7, 11) is 0. The highest BCUT2D eigenvalue weighted by molar-refractivity contribution is 6.14. The van der Waals surface area contributed by atoms with Gasteiger partial charge in [0.05, 0.1) is 22.8 Å². The quantitative estimate of drug-likeness (QED) is 0.0955. The van der Waals surface area contributed by atoms with E-state index in [1.165, 1.54) is 32.7 Å². The average molecular weight is 679 g/mol. The van der Waals surface area contributed by atoms with Crippen LogP contribution in [0.1, 0.15) is 74.9 Å². The van der Waals surface area contributed by atoms with Gasteiger partial charge in [-0.2, -0.15) is 10.2 Å². The Bertz CT molecular complexity index is 2130. The number of rotatable bonds is 8. The van der Waals surface area contributed by atoms with Crippen LogP contribution in [-0.4, -0.2) is 11.4 Å². The summed E-state index contributed by atoms with van der Waals surface area (Å²) in [6, 6.07) is 54.8. The van der Waals surface area contributed by atoms with E-state index >= 15 is 0 Å². The molecule has 7 rings (SSSR count). The van der Waals surface area contributed by atoms with Crippen LogP contribution < -0.4 is 10.9 Å². The molecular weight excluding hydrogens is 633 g/mol. The molecule has 0 unspecified atom stereocenters. The summed E-state index contributed by atoms with van der Waals surface area (Å²) in [4.78, 5) is 0. The SMILES string of the molecule is CC(C)(C)c1c2ccc(NN=C(c3ccccc3)c3ccccc3)cc2c(C(C)(C)C)c2ccc(NN=C(c3ccccc3)c3ccccc3)cc12. The van der Waals surface area contributed by atoms with E-state index < -0.39 is 0 Å². The van der Waals surface area contributed by atoms with Gasteiger partial charge in [-0.3, -0.25) is 10.9 Å². The molecule has 4 nitrogen and oxygen atoms in total. The lowest BCUT2D eigenvalue weighted by Crippen LogP contribution is -2.18. The van der Waals surface area contributed by atoms with Crippen molar-refractivity contribution in [3.63, 3.8) is 0 Å². The predicted molar refractivity (Wildman–Crippen MR) is 223 cm³/mol. The molecule has 0 saturated carbocycles. The monoisotopic (exact) mass is 678 g/mol. The number of hydrazone groups is 2. The Morgan fingerprint density at radius 3 is 0.923 bits per heavy atom. The minimum Gasteiger partial charge on any atom is -0.278 e. The maximum atomic E-state index is 5.00. The number of nitrogens with one attached hydrogen (secondary N) is 2. The van der Waals surface area contributed by atoms with Gasteiger partial charge in [0.2, 0.25) is 0 Å². The predicted octanol–water partition coefficient (Wildman–Crippen LogP) is 12.3. The van der Waals surface area contributed by atoms with Gasteiger partial charge < -0.3 is 0 Å². The van der Waals surface area contributed by atoms with Gasteiger partial charge in [0.1, 0.15) is 0 Å². The van der Waals surface area contributed by atoms with Crippen molar-refractivity contribution in [3.8, 4) is 0 Å². The lowest BCUT2D eigenvalue weighted by atomic mass is 9.74. The van der Waals surface area contributed by atoms with Crippen LogP contribution in [-0.2, 0) is 10.8 Å². The topological polar surface area (TPSA) is 48.8 Å². The number of anilines is 2. The van der Waals surface area contributed by atoms with Crippen LogP contribution in [0.5, 0.6) is 0 Å². The summed E-state index contributed by atoms with van der Waals surface area (Å²) in [5, 5.41) is 15.0. The van der Waals surface area contributed by atoms with Gasteiger partial charge in [0.15, 0.2) is 0 Å². The van der Waals surface area contributed by atoms with Crippen molar-refractivity contribution in [1.82, 2.24) is 0 Å². The molecule has 7 aromatic carbocycles. The first kappa shape index (κ1) is 34.4. The summed E-state index contributed by atoms with van der Waals surface area (Å²) in [5.74, 6) is 0. The second kappa shape index (κ2) is 14.3. The van der Waals surface area contributed by atoms with Gasteiger partial charge in [-0.15, -0.1) is 0 Å². The maximum absolute atomic E-state index is 5.00. The third kappa shape index (κ3) is 7.24. The van der Waals surface area contributed by atoms with Crippen molar-refractivity contribution in [1.29, 1.82) is 0 Å². The van der Waals surface area contributed by atoms with E-state index in [4.69, 9.17) is 10.2 Å². The van der Waals surface area contributed by atoms with Gasteiger partial charge in [0, 0.05) is 22.3 Å². The van der Waals surface area contributed by atoms with Crippen molar-refractivity contribution < 1.29 is 0 Å². The van der Waals surface area contributed by atoms with Crippen LogP contribution in [0, 0.1) is 0 Å². The van der Waals surface area contributed by atoms with E-state index in [2.05, 4.69) is 186 Å². The van der Waals surface area contributed by atoms with E-state index in [9.17, 15) is 0 Å². The van der Waals surface area contributed by atoms with Gasteiger partial charge in [-0.25, -0.2) is 0 Å². The summed E-state index contributed by atoms with van der Waals surface area (Å²) in [6.45, 7) is 13.8. The minimum absolute atomic E-state index is 0.130. The molecule has 0 radical (unpaired) electrons. The Kier molecular flexibility index (Phi) is 9.49. The third-order valence-corrected chi connectivity index (χ3v) is 9.40. The molecule has 4 heteroatoms. The van der Waals surface area contributed by atoms with Gasteiger partial charge in [0.25, 0.3) is 0 Å². The smallest absolute Gasteiger partial charge is 0.0977 e. The van der Waals surface area contributed by atoms with E-state index in [-0.39, 0.29) is 10.8 Å². The molecule has 0 spiro atoms. The highest BCUT2D eigenvalue weighted by Crippen LogP contribution is 2.45. The Labute approximate surface area is 308 Å². The fourth-order valence-corrected chi connectivity index (χ4v) is 7.20. The zero-order valence-electron chi connectivity index (χ0n) is 30.9. The molecule has 0 aromatic heterocycles. The Hall–Kier alpha value is -6.00. The number of nitrogens with zero attached hydrogens (tertiary/aromatic N) is 2. The Balaban J connectivity index is 1.36. The lowest BCUT2D eigenvalue weighted by Gasteiger charge is -2.30. The molecule has 0 saturated heterocycles. The molecule has 0 aliphatic heterocycles. The zero-order valence-corrected chi connectivity index (χ0v) is 30.9. The van der Waals surface area contributed by atoms with Crippen molar-refractivity contribution in [2.75, 3.05) is 10.9 Å². The first-order valence-corrected chi connectivity index (χ1v) is 18.0. The van der Waals surface area contributed by atoms with Crippen LogP contribution >= 0.6 is 0 Å². The molecule has 0 amide bonds. The van der Waals surface area contributed by atoms with Crippen LogP contribution in [0.15, 0.2) is 168 Å². The Morgan fingerprint density at radius 2 is 0.654 bits per heavy atom. The molecule has 7 aromatic rings. The normalized spacial score (nSPS) is 11.7. The first-order chi connectivity index (χ1) is 25.1. The first-order valence-electron chi connectivity index (χ1n) is 18.0. The molecule has 0 heterocycles. The number of hydrogen-bond acceptors (Lipinski definition) is 4. The molecule has 2 N–H and O–H groups in total. The fourth-order valence-electron chi connectivity index (χ4n) is 7.20. The molecule has 0 atom stereocenters. The van der Waals surface area contributed by atoms with E-state index in [0.717, 1.165) is 45.1 Å². The van der Waals surface area contributed by atoms with Crippen molar-refractivity contribution in [3.05, 3.63) is 191 Å². The average Bonchev–Trinajstić information content (AvgIpc) is 3.14. The third-order valence-electron chi connectivity index (χ3n) is 9.40. The molecule has 0 bridgehead atoms. The van der Waals surface area contributed by atoms with Crippen LogP contribution in [0.25, 0.3) is 21.5 Å². The fraction of sp³-hybridized carbons (Fsp3) is 0.167. The maximum Gasteiger partial charge on any atom is 0.0977 e. The summed E-state index contributed by atoms with van der Waals surface area (Å²) in [6.07, 6.45) is 0. The minimum atomic E-state index is -0.130. The molecule has 0 fully saturated rings. The summed E-state index contributed by atoms with van der Waals surface area (Å²) in [5.41, 5.74) is 17.2.